The molecule has 0 fully saturated rings. The highest BCUT2D eigenvalue weighted by molar-refractivity contribution is 7.90. The maximum Gasteiger partial charge on any atom is 0.267 e. The first-order chi connectivity index (χ1) is 19.5. The zero-order chi connectivity index (χ0) is 30.7. The number of rotatable bonds is 6. The van der Waals surface area contributed by atoms with Crippen LogP contribution >= 0.6 is 0 Å². The van der Waals surface area contributed by atoms with Gasteiger partial charge in [0.15, 0.2) is 8.32 Å². The van der Waals surface area contributed by atoms with E-state index >= 15 is 0 Å². The van der Waals surface area contributed by atoms with E-state index in [-0.39, 0.29) is 14.8 Å². The third-order valence-corrected chi connectivity index (χ3v) is 16.2. The van der Waals surface area contributed by atoms with Crippen molar-refractivity contribution in [2.75, 3.05) is 0 Å². The Morgan fingerprint density at radius 3 is 1.67 bits per heavy atom. The summed E-state index contributed by atoms with van der Waals surface area (Å²) in [6.07, 6.45) is 10.2. The number of aryl methyl sites for hydroxylation is 2. The van der Waals surface area contributed by atoms with Crippen LogP contribution in [0.3, 0.4) is 0 Å². The molecule has 1 aliphatic rings. The maximum absolute atomic E-state index is 13.6. The van der Waals surface area contributed by atoms with Crippen LogP contribution in [0.25, 0.3) is 12.2 Å². The second kappa shape index (κ2) is 10.5. The molecule has 2 heterocycles. The van der Waals surface area contributed by atoms with E-state index in [2.05, 4.69) is 33.9 Å². The standard InChI is InChI=1S/C32H38N2O5S2Si/c1-23-8-14-28(15-9-23)40(35,36)33-19-25-12-13-26-20-34(41(37,38)29-16-10-24(2)11-17-29)22-30(26)31(18-27(25)21-33)39-42(6,7)32(3,4)5/h8-17,19-22,31H,18H2,1-7H3. The first kappa shape index (κ1) is 30.3. The smallest absolute Gasteiger partial charge is 0.267 e. The lowest BCUT2D eigenvalue weighted by atomic mass is 9.96. The van der Waals surface area contributed by atoms with Crippen LogP contribution in [-0.4, -0.2) is 33.1 Å². The minimum Gasteiger partial charge on any atom is -0.410 e. The number of fused-ring (bicyclic) bond motifs is 2. The van der Waals surface area contributed by atoms with Gasteiger partial charge in [0.05, 0.1) is 15.9 Å². The summed E-state index contributed by atoms with van der Waals surface area (Å²) in [6.45, 7) is 14.6. The fraction of sp³-hybridized carbons (Fsp3) is 0.312. The normalized spacial score (nSPS) is 16.0. The molecule has 1 aliphatic carbocycles. The predicted molar refractivity (Wildman–Crippen MR) is 170 cm³/mol. The molecule has 2 aromatic heterocycles. The van der Waals surface area contributed by atoms with Crippen molar-refractivity contribution in [1.29, 1.82) is 0 Å². The summed E-state index contributed by atoms with van der Waals surface area (Å²) >= 11 is 0. The SMILES string of the molecule is Cc1ccc(S(=O)(=O)n2cc3c(c2)CC(O[Si](C)(C)C(C)(C)C)c2cn(S(=O)(=O)c4ccc(C)cc4)cc2C=C3)cc1. The van der Waals surface area contributed by atoms with E-state index in [1.807, 2.05) is 26.0 Å². The fourth-order valence-corrected chi connectivity index (χ4v) is 8.49. The first-order valence-electron chi connectivity index (χ1n) is 13.9. The molecule has 2 aromatic carbocycles. The van der Waals surface area contributed by atoms with Crippen molar-refractivity contribution in [2.24, 2.45) is 0 Å². The number of benzene rings is 2. The van der Waals surface area contributed by atoms with E-state index in [0.717, 1.165) is 27.8 Å². The molecule has 0 saturated heterocycles. The second-order valence-corrected chi connectivity index (χ2v) is 21.1. The number of aromatic nitrogens is 2. The van der Waals surface area contributed by atoms with Crippen LogP contribution < -0.4 is 0 Å². The van der Waals surface area contributed by atoms with Gasteiger partial charge in [-0.15, -0.1) is 0 Å². The van der Waals surface area contributed by atoms with Gasteiger partial charge >= 0.3 is 0 Å². The molecule has 0 bridgehead atoms. The summed E-state index contributed by atoms with van der Waals surface area (Å²) in [6, 6.07) is 13.6. The molecule has 0 N–H and O–H groups in total. The Morgan fingerprint density at radius 1 is 0.714 bits per heavy atom. The summed E-state index contributed by atoms with van der Waals surface area (Å²) in [5.41, 5.74) is 4.99. The molecule has 0 aliphatic heterocycles. The average Bonchev–Trinajstić information content (AvgIpc) is 3.51. The van der Waals surface area contributed by atoms with Crippen molar-refractivity contribution in [3.63, 3.8) is 0 Å². The minimum atomic E-state index is -3.83. The Balaban J connectivity index is 1.61. The molecular weight excluding hydrogens is 585 g/mol. The average molecular weight is 623 g/mol. The van der Waals surface area contributed by atoms with Crippen LogP contribution in [0.5, 0.6) is 0 Å². The van der Waals surface area contributed by atoms with Gasteiger partial charge in [-0.3, -0.25) is 0 Å². The fourth-order valence-electron chi connectivity index (χ4n) is 4.74. The quantitative estimate of drug-likeness (QED) is 0.213. The molecule has 10 heteroatoms. The van der Waals surface area contributed by atoms with Crippen molar-refractivity contribution in [3.8, 4) is 0 Å². The molecule has 1 unspecified atom stereocenters. The van der Waals surface area contributed by atoms with E-state index in [1.54, 1.807) is 73.3 Å². The Labute approximate surface area is 250 Å². The summed E-state index contributed by atoms with van der Waals surface area (Å²) in [5, 5.41) is -0.0918. The van der Waals surface area contributed by atoms with Gasteiger partial charge < -0.3 is 4.43 Å². The zero-order valence-corrected chi connectivity index (χ0v) is 27.8. The highest BCUT2D eigenvalue weighted by Gasteiger charge is 2.40. The molecule has 1 atom stereocenters. The van der Waals surface area contributed by atoms with Crippen LogP contribution in [-0.2, 0) is 30.9 Å². The van der Waals surface area contributed by atoms with Gasteiger partial charge in [-0.2, -0.15) is 0 Å². The van der Waals surface area contributed by atoms with Crippen molar-refractivity contribution in [3.05, 3.63) is 107 Å². The van der Waals surface area contributed by atoms with Crippen LogP contribution in [0, 0.1) is 13.8 Å². The van der Waals surface area contributed by atoms with Crippen LogP contribution in [0.4, 0.5) is 0 Å². The van der Waals surface area contributed by atoms with Gasteiger partial charge in [0.25, 0.3) is 20.0 Å². The third kappa shape index (κ3) is 5.60. The molecule has 0 radical (unpaired) electrons. The van der Waals surface area contributed by atoms with E-state index < -0.39 is 34.5 Å². The molecule has 222 valence electrons. The van der Waals surface area contributed by atoms with Gasteiger partial charge in [-0.1, -0.05) is 68.3 Å². The van der Waals surface area contributed by atoms with Crippen molar-refractivity contribution in [1.82, 2.24) is 7.94 Å². The van der Waals surface area contributed by atoms with Gasteiger partial charge in [0.1, 0.15) is 0 Å². The topological polar surface area (TPSA) is 87.4 Å². The molecular formula is C32H38N2O5S2Si. The van der Waals surface area contributed by atoms with Crippen molar-refractivity contribution in [2.45, 2.75) is 75.1 Å². The third-order valence-electron chi connectivity index (χ3n) is 8.42. The minimum absolute atomic E-state index is 0.0918. The number of hydrogen-bond acceptors (Lipinski definition) is 5. The molecule has 5 rings (SSSR count). The Kier molecular flexibility index (Phi) is 7.58. The summed E-state index contributed by atoms with van der Waals surface area (Å²) < 4.78 is 63.7. The van der Waals surface area contributed by atoms with Crippen LogP contribution in [0.1, 0.15) is 60.3 Å². The second-order valence-electron chi connectivity index (χ2n) is 12.6. The lowest BCUT2D eigenvalue weighted by molar-refractivity contribution is 0.183. The van der Waals surface area contributed by atoms with Crippen molar-refractivity contribution >= 4 is 40.5 Å². The highest BCUT2D eigenvalue weighted by atomic mass is 32.2. The Morgan fingerprint density at radius 2 is 1.17 bits per heavy atom. The molecule has 42 heavy (non-hydrogen) atoms. The van der Waals surface area contributed by atoms with Gasteiger partial charge in [-0.25, -0.2) is 24.8 Å². The van der Waals surface area contributed by atoms with Crippen molar-refractivity contribution < 1.29 is 21.3 Å². The van der Waals surface area contributed by atoms with E-state index in [9.17, 15) is 16.8 Å². The molecule has 4 aromatic rings. The largest absolute Gasteiger partial charge is 0.410 e. The molecule has 0 saturated carbocycles. The predicted octanol–water partition coefficient (Wildman–Crippen LogP) is 7.17. The molecule has 0 spiro atoms. The summed E-state index contributed by atoms with van der Waals surface area (Å²) in [7, 11) is -9.95. The lowest BCUT2D eigenvalue weighted by Gasteiger charge is -2.39. The monoisotopic (exact) mass is 622 g/mol. The Hall–Kier alpha value is -3.18. The van der Waals surface area contributed by atoms with Crippen LogP contribution in [0.15, 0.2) is 83.1 Å². The Bertz CT molecular complexity index is 1870. The van der Waals surface area contributed by atoms with E-state index in [1.165, 1.54) is 7.94 Å². The molecule has 0 amide bonds. The van der Waals surface area contributed by atoms with Gasteiger partial charge in [-0.05, 0) is 72.9 Å². The van der Waals surface area contributed by atoms with Crippen LogP contribution in [0.2, 0.25) is 18.1 Å². The van der Waals surface area contributed by atoms with Gasteiger partial charge in [0.2, 0.25) is 0 Å². The zero-order valence-electron chi connectivity index (χ0n) is 25.1. The number of nitrogens with zero attached hydrogens (tertiary/aromatic N) is 2. The maximum atomic E-state index is 13.6. The summed E-state index contributed by atoms with van der Waals surface area (Å²) in [4.78, 5) is 0.425. The highest BCUT2D eigenvalue weighted by Crippen LogP contribution is 2.42. The summed E-state index contributed by atoms with van der Waals surface area (Å²) in [5.74, 6) is 0. The first-order valence-corrected chi connectivity index (χ1v) is 19.7. The van der Waals surface area contributed by atoms with Gasteiger partial charge in [0, 0.05) is 36.8 Å². The number of hydrogen-bond donors (Lipinski definition) is 0. The molecule has 7 nitrogen and oxygen atoms in total. The van der Waals surface area contributed by atoms with E-state index in [0.29, 0.717) is 12.0 Å². The lowest BCUT2D eigenvalue weighted by Crippen LogP contribution is -2.42. The van der Waals surface area contributed by atoms with E-state index in [4.69, 9.17) is 4.43 Å².